The van der Waals surface area contributed by atoms with Crippen molar-refractivity contribution in [2.45, 2.75) is 6.10 Å². The highest BCUT2D eigenvalue weighted by molar-refractivity contribution is 5.20. The van der Waals surface area contributed by atoms with Crippen molar-refractivity contribution in [1.82, 2.24) is 0 Å². The number of ether oxygens (including phenoxy) is 1. The molecule has 0 aliphatic rings. The number of quaternary nitrogens is 1. The third-order valence-electron chi connectivity index (χ3n) is 2.64. The highest BCUT2D eigenvalue weighted by Gasteiger charge is 2.14. The maximum absolute atomic E-state index is 9.83. The van der Waals surface area contributed by atoms with Crippen molar-refractivity contribution < 1.29 is 25.0 Å². The lowest BCUT2D eigenvalue weighted by Gasteiger charge is -2.20. The van der Waals surface area contributed by atoms with Crippen LogP contribution in [0.4, 0.5) is 0 Å². The first-order chi connectivity index (χ1) is 8.76. The van der Waals surface area contributed by atoms with E-state index in [1.165, 1.54) is 0 Å². The first kappa shape index (κ1) is 14.9. The zero-order valence-electron chi connectivity index (χ0n) is 10.5. The highest BCUT2D eigenvalue weighted by atomic mass is 16.5. The molecule has 0 spiro atoms. The Bertz CT molecular complexity index is 301. The van der Waals surface area contributed by atoms with Gasteiger partial charge in [-0.1, -0.05) is 18.2 Å². The molecule has 5 nitrogen and oxygen atoms in total. The molecule has 0 amide bonds. The lowest BCUT2D eigenvalue weighted by atomic mass is 10.3. The zero-order valence-corrected chi connectivity index (χ0v) is 10.5. The molecule has 5 heteroatoms. The predicted octanol–water partition coefficient (Wildman–Crippen LogP) is -1.70. The largest absolute Gasteiger partial charge is 0.491 e. The number of hydrogen-bond acceptors (Lipinski definition) is 4. The van der Waals surface area contributed by atoms with Gasteiger partial charge in [-0.3, -0.25) is 0 Å². The maximum atomic E-state index is 9.83. The number of nitrogens with one attached hydrogen (secondary N) is 1. The van der Waals surface area contributed by atoms with Gasteiger partial charge in [0.15, 0.2) is 0 Å². The highest BCUT2D eigenvalue weighted by Crippen LogP contribution is 2.08. The number of hydrogen-bond donors (Lipinski definition) is 4. The molecular weight excluding hydrogens is 234 g/mol. The van der Waals surface area contributed by atoms with Crippen LogP contribution in [0, 0.1) is 0 Å². The molecule has 0 fully saturated rings. The van der Waals surface area contributed by atoms with Gasteiger partial charge >= 0.3 is 0 Å². The minimum Gasteiger partial charge on any atom is -0.491 e. The van der Waals surface area contributed by atoms with Gasteiger partial charge in [-0.05, 0) is 12.1 Å². The number of aliphatic hydroxyl groups is 3. The molecule has 0 aromatic heterocycles. The Hall–Kier alpha value is -1.14. The van der Waals surface area contributed by atoms with Crippen LogP contribution in [-0.4, -0.2) is 60.9 Å². The maximum Gasteiger partial charge on any atom is 0.137 e. The van der Waals surface area contributed by atoms with Crippen LogP contribution in [0.25, 0.3) is 0 Å². The van der Waals surface area contributed by atoms with E-state index in [1.54, 1.807) is 0 Å². The smallest absolute Gasteiger partial charge is 0.137 e. The van der Waals surface area contributed by atoms with Crippen molar-refractivity contribution in [3.05, 3.63) is 30.3 Å². The quantitative estimate of drug-likeness (QED) is 0.425. The number of aliphatic hydroxyl groups excluding tert-OH is 3. The van der Waals surface area contributed by atoms with Gasteiger partial charge in [-0.15, -0.1) is 0 Å². The van der Waals surface area contributed by atoms with Crippen LogP contribution >= 0.6 is 0 Å². The van der Waals surface area contributed by atoms with E-state index in [1.807, 2.05) is 30.3 Å². The Morgan fingerprint density at radius 1 is 1.06 bits per heavy atom. The Morgan fingerprint density at radius 3 is 2.22 bits per heavy atom. The van der Waals surface area contributed by atoms with E-state index in [-0.39, 0.29) is 19.8 Å². The van der Waals surface area contributed by atoms with E-state index in [0.717, 1.165) is 10.6 Å². The van der Waals surface area contributed by atoms with E-state index in [4.69, 9.17) is 14.9 Å². The summed E-state index contributed by atoms with van der Waals surface area (Å²) < 4.78 is 5.44. The lowest BCUT2D eigenvalue weighted by Crippen LogP contribution is -3.14. The molecule has 102 valence electrons. The van der Waals surface area contributed by atoms with E-state index in [9.17, 15) is 5.11 Å². The minimum absolute atomic E-state index is 0.0432. The molecule has 0 aliphatic heterocycles. The van der Waals surface area contributed by atoms with Crippen LogP contribution in [0.5, 0.6) is 5.75 Å². The van der Waals surface area contributed by atoms with Gasteiger partial charge < -0.3 is 25.0 Å². The zero-order chi connectivity index (χ0) is 13.2. The molecule has 1 aromatic rings. The summed E-state index contributed by atoms with van der Waals surface area (Å²) in [6.45, 7) is 1.79. The van der Waals surface area contributed by atoms with E-state index in [0.29, 0.717) is 19.6 Å². The van der Waals surface area contributed by atoms with Crippen molar-refractivity contribution in [2.75, 3.05) is 39.5 Å². The summed E-state index contributed by atoms with van der Waals surface area (Å²) in [5.74, 6) is 0.724. The molecule has 0 bridgehead atoms. The molecule has 1 aromatic carbocycles. The molecule has 0 unspecified atom stereocenters. The van der Waals surface area contributed by atoms with Gasteiger partial charge in [0.1, 0.15) is 38.1 Å². The van der Waals surface area contributed by atoms with Gasteiger partial charge in [-0.25, -0.2) is 0 Å². The third kappa shape index (κ3) is 5.97. The van der Waals surface area contributed by atoms with Gasteiger partial charge in [0.05, 0.1) is 13.2 Å². The molecule has 0 aliphatic carbocycles. The molecule has 0 heterocycles. The molecule has 18 heavy (non-hydrogen) atoms. The van der Waals surface area contributed by atoms with Crippen LogP contribution in [0.15, 0.2) is 30.3 Å². The van der Waals surface area contributed by atoms with E-state index in [2.05, 4.69) is 0 Å². The van der Waals surface area contributed by atoms with Crippen LogP contribution in [0.2, 0.25) is 0 Å². The third-order valence-corrected chi connectivity index (χ3v) is 2.64. The van der Waals surface area contributed by atoms with Gasteiger partial charge in [0.2, 0.25) is 0 Å². The summed E-state index contributed by atoms with van der Waals surface area (Å²) in [6.07, 6.45) is -0.613. The second-order valence-corrected chi connectivity index (χ2v) is 4.18. The summed E-state index contributed by atoms with van der Waals surface area (Å²) in [6, 6.07) is 9.31. The van der Waals surface area contributed by atoms with Crippen molar-refractivity contribution in [1.29, 1.82) is 0 Å². The van der Waals surface area contributed by atoms with Gasteiger partial charge in [0, 0.05) is 0 Å². The van der Waals surface area contributed by atoms with Crippen LogP contribution in [-0.2, 0) is 0 Å². The summed E-state index contributed by atoms with van der Waals surface area (Å²) in [5, 5.41) is 27.6. The Labute approximate surface area is 107 Å². The lowest BCUT2D eigenvalue weighted by molar-refractivity contribution is -0.903. The second kappa shape index (κ2) is 8.88. The van der Waals surface area contributed by atoms with Crippen LogP contribution in [0.1, 0.15) is 0 Å². The average molecular weight is 256 g/mol. The van der Waals surface area contributed by atoms with Crippen molar-refractivity contribution >= 4 is 0 Å². The fraction of sp³-hybridized carbons (Fsp3) is 0.538. The predicted molar refractivity (Wildman–Crippen MR) is 67.7 cm³/mol. The summed E-state index contributed by atoms with van der Waals surface area (Å²) in [5.41, 5.74) is 0. The molecule has 4 N–H and O–H groups in total. The van der Waals surface area contributed by atoms with Crippen molar-refractivity contribution in [3.63, 3.8) is 0 Å². The summed E-state index contributed by atoms with van der Waals surface area (Å²) in [7, 11) is 0. The number of para-hydroxylation sites is 1. The minimum atomic E-state index is -0.613. The first-order valence-corrected chi connectivity index (χ1v) is 6.17. The number of benzene rings is 1. The molecule has 0 saturated carbocycles. The Morgan fingerprint density at radius 2 is 1.67 bits per heavy atom. The summed E-state index contributed by atoms with van der Waals surface area (Å²) in [4.78, 5) is 0.962. The Balaban J connectivity index is 2.29. The van der Waals surface area contributed by atoms with Crippen molar-refractivity contribution in [2.24, 2.45) is 0 Å². The fourth-order valence-electron chi connectivity index (χ4n) is 1.75. The number of rotatable bonds is 9. The molecule has 0 radical (unpaired) electrons. The monoisotopic (exact) mass is 256 g/mol. The molecular formula is C13H22NO4+. The molecule has 1 atom stereocenters. The SMILES string of the molecule is OCC[NH+](CCO)C[C@@H](O)COc1ccccc1. The Kier molecular flexibility index (Phi) is 7.36. The normalized spacial score (nSPS) is 12.7. The molecule has 0 saturated heterocycles. The van der Waals surface area contributed by atoms with Gasteiger partial charge in [0.25, 0.3) is 0 Å². The average Bonchev–Trinajstić information content (AvgIpc) is 2.38. The van der Waals surface area contributed by atoms with E-state index >= 15 is 0 Å². The van der Waals surface area contributed by atoms with Crippen LogP contribution < -0.4 is 9.64 Å². The molecule has 1 rings (SSSR count). The van der Waals surface area contributed by atoms with Crippen LogP contribution in [0.3, 0.4) is 0 Å². The standard InChI is InChI=1S/C13H21NO4/c15-8-6-14(7-9-16)10-12(17)11-18-13-4-2-1-3-5-13/h1-5,12,15-17H,6-11H2/p+1/t12-/m1/s1. The topological polar surface area (TPSA) is 74.4 Å². The fourth-order valence-corrected chi connectivity index (χ4v) is 1.75. The van der Waals surface area contributed by atoms with E-state index < -0.39 is 6.10 Å². The first-order valence-electron chi connectivity index (χ1n) is 6.17. The van der Waals surface area contributed by atoms with Gasteiger partial charge in [-0.2, -0.15) is 0 Å². The summed E-state index contributed by atoms with van der Waals surface area (Å²) >= 11 is 0. The second-order valence-electron chi connectivity index (χ2n) is 4.18. The van der Waals surface area contributed by atoms with Crippen molar-refractivity contribution in [3.8, 4) is 5.75 Å².